The first kappa shape index (κ1) is 15.8. The van der Waals surface area contributed by atoms with Gasteiger partial charge in [-0.05, 0) is 12.0 Å². The van der Waals surface area contributed by atoms with Gasteiger partial charge < -0.3 is 10.1 Å². The second-order valence-electron chi connectivity index (χ2n) is 5.69. The van der Waals surface area contributed by atoms with Crippen LogP contribution in [0, 0.1) is 0 Å². The third kappa shape index (κ3) is 4.43. The highest BCUT2D eigenvalue weighted by molar-refractivity contribution is 5.82. The van der Waals surface area contributed by atoms with Gasteiger partial charge in [-0.25, -0.2) is 4.79 Å². The number of allylic oxidation sites excluding steroid dienone is 1. The number of benzene rings is 1. The van der Waals surface area contributed by atoms with Crippen LogP contribution in [0.5, 0.6) is 0 Å². The zero-order valence-electron chi connectivity index (χ0n) is 12.9. The molecule has 2 N–H and O–H groups in total. The number of ether oxygens (including phenoxy) is 1. The summed E-state index contributed by atoms with van der Waals surface area (Å²) in [4.78, 5) is 12.1. The molecule has 1 aliphatic rings. The maximum Gasteiger partial charge on any atom is 0.331 e. The van der Waals surface area contributed by atoms with Crippen molar-refractivity contribution in [3.05, 3.63) is 48.0 Å². The number of carbonyl (C=O) groups is 1. The molecule has 1 aromatic rings. The maximum atomic E-state index is 12.1. The Morgan fingerprint density at radius 2 is 2.00 bits per heavy atom. The van der Waals surface area contributed by atoms with Crippen LogP contribution in [0.2, 0.25) is 0 Å². The van der Waals surface area contributed by atoms with Gasteiger partial charge in [0.25, 0.3) is 0 Å². The Morgan fingerprint density at radius 3 is 2.67 bits per heavy atom. The molecule has 3 nitrogen and oxygen atoms in total. The fourth-order valence-corrected chi connectivity index (χ4v) is 2.86. The molecule has 0 amide bonds. The molecule has 1 saturated heterocycles. The molecule has 2 rings (SSSR count). The summed E-state index contributed by atoms with van der Waals surface area (Å²) in [6, 6.07) is 10.2. The van der Waals surface area contributed by atoms with Gasteiger partial charge in [0.1, 0.15) is 5.60 Å². The van der Waals surface area contributed by atoms with E-state index in [-0.39, 0.29) is 5.97 Å². The Hall–Kier alpha value is -1.61. The van der Waals surface area contributed by atoms with Crippen molar-refractivity contribution in [3.8, 4) is 0 Å². The van der Waals surface area contributed by atoms with E-state index in [1.165, 1.54) is 0 Å². The van der Waals surface area contributed by atoms with Gasteiger partial charge in [-0.15, -0.1) is 0 Å². The van der Waals surface area contributed by atoms with Crippen LogP contribution in [-0.4, -0.2) is 19.1 Å². The number of hydrogen-bond acceptors (Lipinski definition) is 2. The number of rotatable bonds is 6. The quantitative estimate of drug-likeness (QED) is 0.496. The summed E-state index contributed by atoms with van der Waals surface area (Å²) in [5.41, 5.74) is 0.677. The van der Waals surface area contributed by atoms with Crippen molar-refractivity contribution in [2.75, 3.05) is 13.1 Å². The third-order valence-corrected chi connectivity index (χ3v) is 4.08. The lowest BCUT2D eigenvalue weighted by Crippen LogP contribution is -2.87. The Kier molecular flexibility index (Phi) is 6.00. The summed E-state index contributed by atoms with van der Waals surface area (Å²) in [6.07, 6.45) is 8.48. The van der Waals surface area contributed by atoms with Gasteiger partial charge in [0, 0.05) is 18.9 Å². The van der Waals surface area contributed by atoms with E-state index in [4.69, 9.17) is 4.74 Å². The van der Waals surface area contributed by atoms with Gasteiger partial charge in [0.15, 0.2) is 0 Å². The maximum absolute atomic E-state index is 12.1. The zero-order chi connectivity index (χ0) is 15.0. The van der Waals surface area contributed by atoms with E-state index in [1.54, 1.807) is 6.08 Å². The van der Waals surface area contributed by atoms with Crippen LogP contribution in [0.3, 0.4) is 0 Å². The number of esters is 1. The summed E-state index contributed by atoms with van der Waals surface area (Å²) in [5, 5.41) is 2.28. The van der Waals surface area contributed by atoms with E-state index in [0.29, 0.717) is 0 Å². The Balaban J connectivity index is 2.07. The van der Waals surface area contributed by atoms with Gasteiger partial charge in [0.05, 0.1) is 13.1 Å². The lowest BCUT2D eigenvalue weighted by molar-refractivity contribution is -0.668. The first-order valence-electron chi connectivity index (χ1n) is 8.03. The number of unbranched alkanes of at least 4 members (excludes halogenated alkanes) is 2. The largest absolute Gasteiger partial charge is 0.451 e. The summed E-state index contributed by atoms with van der Waals surface area (Å²) in [5.74, 6) is -0.211. The van der Waals surface area contributed by atoms with Crippen LogP contribution in [-0.2, 0) is 15.1 Å². The molecule has 0 bridgehead atoms. The van der Waals surface area contributed by atoms with Crippen molar-refractivity contribution in [1.29, 1.82) is 0 Å². The van der Waals surface area contributed by atoms with Crippen molar-refractivity contribution in [2.24, 2.45) is 0 Å². The Labute approximate surface area is 127 Å². The van der Waals surface area contributed by atoms with E-state index >= 15 is 0 Å². The van der Waals surface area contributed by atoms with Crippen LogP contribution >= 0.6 is 0 Å². The lowest BCUT2D eigenvalue weighted by atomic mass is 9.85. The molecule has 0 atom stereocenters. The highest BCUT2D eigenvalue weighted by atomic mass is 16.6. The minimum absolute atomic E-state index is 0.211. The molecule has 0 radical (unpaired) electrons. The van der Waals surface area contributed by atoms with Gasteiger partial charge in [-0.3, -0.25) is 0 Å². The summed E-state index contributed by atoms with van der Waals surface area (Å²) in [6.45, 7) is 4.15. The average molecular weight is 288 g/mol. The standard InChI is InChI=1S/C18H25NO2/c1-2-3-4-8-11-17(20)21-18(12-14-19-15-13-18)16-9-6-5-7-10-16/h5-11,19H,2-4,12-15H2,1H3/p+1. The molecule has 0 aliphatic carbocycles. The molecular formula is C18H26NO2+. The predicted molar refractivity (Wildman–Crippen MR) is 83.8 cm³/mol. The molecule has 0 aromatic heterocycles. The monoisotopic (exact) mass is 288 g/mol. The number of carbonyl (C=O) groups excluding carboxylic acids is 1. The second kappa shape index (κ2) is 7.99. The molecule has 114 valence electrons. The molecule has 3 heteroatoms. The topological polar surface area (TPSA) is 42.9 Å². The van der Waals surface area contributed by atoms with Gasteiger partial charge in [-0.2, -0.15) is 0 Å². The highest BCUT2D eigenvalue weighted by Crippen LogP contribution is 2.33. The van der Waals surface area contributed by atoms with Crippen molar-refractivity contribution < 1.29 is 14.8 Å². The molecule has 1 heterocycles. The van der Waals surface area contributed by atoms with Crippen molar-refractivity contribution >= 4 is 5.97 Å². The lowest BCUT2D eigenvalue weighted by Gasteiger charge is -2.35. The molecule has 1 aliphatic heterocycles. The van der Waals surface area contributed by atoms with Crippen molar-refractivity contribution in [3.63, 3.8) is 0 Å². The molecule has 0 saturated carbocycles. The van der Waals surface area contributed by atoms with Crippen LogP contribution in [0.15, 0.2) is 42.5 Å². The van der Waals surface area contributed by atoms with E-state index in [9.17, 15) is 4.79 Å². The van der Waals surface area contributed by atoms with Crippen molar-refractivity contribution in [1.82, 2.24) is 0 Å². The number of quaternary nitrogens is 1. The third-order valence-electron chi connectivity index (χ3n) is 4.08. The van der Waals surface area contributed by atoms with Crippen LogP contribution in [0.1, 0.15) is 44.6 Å². The van der Waals surface area contributed by atoms with Gasteiger partial charge >= 0.3 is 5.97 Å². The van der Waals surface area contributed by atoms with E-state index in [2.05, 4.69) is 24.4 Å². The zero-order valence-corrected chi connectivity index (χ0v) is 12.9. The number of hydrogen-bond donors (Lipinski definition) is 1. The fraction of sp³-hybridized carbons (Fsp3) is 0.500. The fourth-order valence-electron chi connectivity index (χ4n) is 2.86. The molecular weight excluding hydrogens is 262 g/mol. The van der Waals surface area contributed by atoms with Gasteiger partial charge in [0.2, 0.25) is 0 Å². The Bertz CT molecular complexity index is 461. The summed E-state index contributed by atoms with van der Waals surface area (Å²) >= 11 is 0. The number of nitrogens with two attached hydrogens (primary N) is 1. The second-order valence-corrected chi connectivity index (χ2v) is 5.69. The van der Waals surface area contributed by atoms with Gasteiger partial charge in [-0.1, -0.05) is 56.2 Å². The van der Waals surface area contributed by atoms with E-state index in [0.717, 1.165) is 50.8 Å². The van der Waals surface area contributed by atoms with Crippen LogP contribution in [0.4, 0.5) is 0 Å². The molecule has 0 spiro atoms. The normalized spacial score (nSPS) is 17.8. The summed E-state index contributed by atoms with van der Waals surface area (Å²) < 4.78 is 5.90. The minimum atomic E-state index is -0.442. The molecule has 0 unspecified atom stereocenters. The van der Waals surface area contributed by atoms with Crippen LogP contribution in [0.25, 0.3) is 0 Å². The molecule has 1 aromatic carbocycles. The van der Waals surface area contributed by atoms with Crippen molar-refractivity contribution in [2.45, 2.75) is 44.6 Å². The minimum Gasteiger partial charge on any atom is -0.451 e. The highest BCUT2D eigenvalue weighted by Gasteiger charge is 2.39. The van der Waals surface area contributed by atoms with E-state index < -0.39 is 5.60 Å². The first-order chi connectivity index (χ1) is 10.3. The average Bonchev–Trinajstić information content (AvgIpc) is 2.53. The smallest absolute Gasteiger partial charge is 0.331 e. The number of piperidine rings is 1. The van der Waals surface area contributed by atoms with E-state index in [1.807, 2.05) is 24.3 Å². The SMILES string of the molecule is CCCCC=CC(=O)OC1(c2ccccc2)CC[NH2+]CC1. The summed E-state index contributed by atoms with van der Waals surface area (Å²) in [7, 11) is 0. The molecule has 1 fully saturated rings. The molecule has 21 heavy (non-hydrogen) atoms. The van der Waals surface area contributed by atoms with Crippen LogP contribution < -0.4 is 5.32 Å². The Morgan fingerprint density at radius 1 is 1.29 bits per heavy atom. The first-order valence-corrected chi connectivity index (χ1v) is 8.03. The predicted octanol–water partition coefficient (Wildman–Crippen LogP) is 2.53.